The van der Waals surface area contributed by atoms with Crippen LogP contribution in [0.25, 0.3) is 15.3 Å². The minimum atomic E-state index is -4.41. The zero-order valence-electron chi connectivity index (χ0n) is 16.0. The van der Waals surface area contributed by atoms with E-state index < -0.39 is 11.7 Å². The number of aryl methyl sites for hydroxylation is 1. The van der Waals surface area contributed by atoms with Gasteiger partial charge in [-0.3, -0.25) is 4.79 Å². The molecule has 1 aliphatic rings. The first-order valence-corrected chi connectivity index (χ1v) is 10.9. The van der Waals surface area contributed by atoms with Crippen molar-refractivity contribution in [1.82, 2.24) is 14.8 Å². The molecule has 1 N–H and O–H groups in total. The molecule has 1 amide bonds. The molecule has 0 spiro atoms. The van der Waals surface area contributed by atoms with Crippen molar-refractivity contribution in [2.45, 2.75) is 25.4 Å². The van der Waals surface area contributed by atoms with Gasteiger partial charge in [-0.15, -0.1) is 0 Å². The maximum absolute atomic E-state index is 12.9. The lowest BCUT2D eigenvalue weighted by Crippen LogP contribution is -2.25. The third-order valence-corrected chi connectivity index (χ3v) is 6.75. The third kappa shape index (κ3) is 3.53. The van der Waals surface area contributed by atoms with Gasteiger partial charge in [0.05, 0.1) is 21.5 Å². The second-order valence-corrected chi connectivity index (χ2v) is 9.22. The van der Waals surface area contributed by atoms with Gasteiger partial charge in [-0.05, 0) is 42.8 Å². The fourth-order valence-corrected chi connectivity index (χ4v) is 5.33. The number of fused-ring (bicyclic) bond motifs is 2. The van der Waals surface area contributed by atoms with Gasteiger partial charge in [0.15, 0.2) is 0 Å². The van der Waals surface area contributed by atoms with Gasteiger partial charge in [0.1, 0.15) is 5.82 Å². The average Bonchev–Trinajstić information content (AvgIpc) is 3.27. The van der Waals surface area contributed by atoms with Crippen molar-refractivity contribution >= 4 is 49.2 Å². The Hall–Kier alpha value is -2.72. The molecule has 0 bridgehead atoms. The van der Waals surface area contributed by atoms with E-state index >= 15 is 0 Å². The second-order valence-electron chi connectivity index (χ2n) is 7.29. The number of rotatable bonds is 2. The molecule has 1 aliphatic heterocycles. The molecule has 31 heavy (non-hydrogen) atoms. The lowest BCUT2D eigenvalue weighted by Gasteiger charge is -2.24. The Morgan fingerprint density at radius 2 is 1.94 bits per heavy atom. The van der Waals surface area contributed by atoms with Gasteiger partial charge in [-0.2, -0.15) is 23.0 Å². The van der Waals surface area contributed by atoms with Gasteiger partial charge >= 0.3 is 6.18 Å². The quantitative estimate of drug-likeness (QED) is 0.360. The monoisotopic (exact) mass is 506 g/mol. The zero-order valence-corrected chi connectivity index (χ0v) is 18.4. The number of thiazole rings is 1. The highest BCUT2D eigenvalue weighted by atomic mass is 79.9. The normalized spacial score (nSPS) is 16.4. The van der Waals surface area contributed by atoms with Gasteiger partial charge in [0.2, 0.25) is 11.0 Å². The van der Waals surface area contributed by atoms with Crippen molar-refractivity contribution < 1.29 is 18.0 Å². The van der Waals surface area contributed by atoms with Crippen LogP contribution in [0.2, 0.25) is 0 Å². The molecule has 0 fully saturated rings. The Kier molecular flexibility index (Phi) is 4.67. The van der Waals surface area contributed by atoms with Crippen LogP contribution in [0.4, 0.5) is 19.0 Å². The maximum Gasteiger partial charge on any atom is 0.416 e. The Labute approximate surface area is 187 Å². The van der Waals surface area contributed by atoms with Gasteiger partial charge in [-0.25, -0.2) is 4.98 Å². The molecule has 5 rings (SSSR count). The summed E-state index contributed by atoms with van der Waals surface area (Å²) in [7, 11) is 0. The number of nitrogens with one attached hydrogen (secondary N) is 1. The number of amides is 1. The summed E-state index contributed by atoms with van der Waals surface area (Å²) in [5.41, 5.74) is 2.22. The van der Waals surface area contributed by atoms with Crippen molar-refractivity contribution in [2.24, 2.45) is 0 Å². The van der Waals surface area contributed by atoms with Crippen molar-refractivity contribution in [2.75, 3.05) is 5.32 Å². The number of nitrogens with zero attached hydrogens (tertiary/aromatic N) is 3. The van der Waals surface area contributed by atoms with Crippen molar-refractivity contribution in [3.63, 3.8) is 0 Å². The highest BCUT2D eigenvalue weighted by Gasteiger charge is 2.34. The van der Waals surface area contributed by atoms with Gasteiger partial charge in [0.25, 0.3) is 0 Å². The fourth-order valence-electron chi connectivity index (χ4n) is 3.85. The number of hydrogen-bond acceptors (Lipinski definition) is 4. The first-order valence-electron chi connectivity index (χ1n) is 9.33. The largest absolute Gasteiger partial charge is 0.416 e. The summed E-state index contributed by atoms with van der Waals surface area (Å²) in [6.45, 7) is 1.83. The Morgan fingerprint density at radius 3 is 2.65 bits per heavy atom. The molecule has 0 saturated heterocycles. The van der Waals surface area contributed by atoms with Crippen LogP contribution >= 0.6 is 27.3 Å². The lowest BCUT2D eigenvalue weighted by atomic mass is 9.85. The molecule has 2 aromatic carbocycles. The van der Waals surface area contributed by atoms with E-state index in [1.807, 2.05) is 25.1 Å². The number of aromatic nitrogens is 3. The van der Waals surface area contributed by atoms with Crippen LogP contribution in [-0.4, -0.2) is 20.7 Å². The molecule has 1 atom stereocenters. The van der Waals surface area contributed by atoms with Crippen LogP contribution in [0, 0.1) is 6.92 Å². The average molecular weight is 507 g/mol. The molecule has 5 nitrogen and oxygen atoms in total. The maximum atomic E-state index is 12.9. The molecule has 0 radical (unpaired) electrons. The van der Waals surface area contributed by atoms with Crippen LogP contribution in [-0.2, 0) is 11.0 Å². The molecule has 158 valence electrons. The Balaban J connectivity index is 1.61. The fraction of sp³-hybridized carbons (Fsp3) is 0.190. The molecular weight excluding hydrogens is 493 g/mol. The van der Waals surface area contributed by atoms with Gasteiger partial charge in [0, 0.05) is 22.4 Å². The lowest BCUT2D eigenvalue weighted by molar-refractivity contribution is -0.137. The number of benzene rings is 2. The van der Waals surface area contributed by atoms with Crippen LogP contribution in [0.3, 0.4) is 0 Å². The first kappa shape index (κ1) is 20.2. The third-order valence-electron chi connectivity index (χ3n) is 5.26. The predicted octanol–water partition coefficient (Wildman–Crippen LogP) is 6.05. The standard InChI is InChI=1S/C21H14BrF3N4OS/c1-10-18-14(11-2-4-12(5-3-11)21(23,24)25)9-17(30)27-19(18)29(28-10)20-26-15-7-6-13(22)8-16(15)31-20/h2-8,14H,9H2,1H3,(H,27,30). The molecule has 0 saturated carbocycles. The van der Waals surface area contributed by atoms with Gasteiger partial charge < -0.3 is 5.32 Å². The predicted molar refractivity (Wildman–Crippen MR) is 116 cm³/mol. The smallest absolute Gasteiger partial charge is 0.310 e. The number of carbonyl (C=O) groups is 1. The minimum Gasteiger partial charge on any atom is -0.310 e. The topological polar surface area (TPSA) is 59.8 Å². The summed E-state index contributed by atoms with van der Waals surface area (Å²) in [4.78, 5) is 17.1. The van der Waals surface area contributed by atoms with E-state index in [0.29, 0.717) is 22.2 Å². The zero-order chi connectivity index (χ0) is 21.9. The Bertz CT molecular complexity index is 1330. The van der Waals surface area contributed by atoms with E-state index in [1.165, 1.54) is 23.5 Å². The van der Waals surface area contributed by atoms with Crippen molar-refractivity contribution in [1.29, 1.82) is 0 Å². The van der Waals surface area contributed by atoms with Crippen molar-refractivity contribution in [3.05, 3.63) is 69.3 Å². The summed E-state index contributed by atoms with van der Waals surface area (Å²) >= 11 is 4.89. The number of anilines is 1. The first-order chi connectivity index (χ1) is 14.7. The van der Waals surface area contributed by atoms with Crippen LogP contribution in [0.1, 0.15) is 34.7 Å². The van der Waals surface area contributed by atoms with Gasteiger partial charge in [-0.1, -0.05) is 39.4 Å². The highest BCUT2D eigenvalue weighted by Crippen LogP contribution is 2.42. The van der Waals surface area contributed by atoms with E-state index in [1.54, 1.807) is 4.68 Å². The number of alkyl halides is 3. The molecular formula is C21H14BrF3N4OS. The van der Waals surface area contributed by atoms with Crippen molar-refractivity contribution in [3.8, 4) is 5.13 Å². The molecule has 4 aromatic rings. The molecule has 0 aliphatic carbocycles. The Morgan fingerprint density at radius 1 is 1.19 bits per heavy atom. The molecule has 3 heterocycles. The second kappa shape index (κ2) is 7.16. The van der Waals surface area contributed by atoms with Crippen LogP contribution < -0.4 is 5.32 Å². The minimum absolute atomic E-state index is 0.137. The summed E-state index contributed by atoms with van der Waals surface area (Å²) < 4.78 is 42.3. The van der Waals surface area contributed by atoms with Crippen LogP contribution in [0.5, 0.6) is 0 Å². The summed E-state index contributed by atoms with van der Waals surface area (Å²) in [6.07, 6.45) is -4.27. The molecule has 2 aromatic heterocycles. The summed E-state index contributed by atoms with van der Waals surface area (Å²) in [6, 6.07) is 10.7. The number of carbonyl (C=O) groups excluding carboxylic acids is 1. The molecule has 1 unspecified atom stereocenters. The van der Waals surface area contributed by atoms with E-state index in [2.05, 4.69) is 31.3 Å². The number of halogens is 4. The summed E-state index contributed by atoms with van der Waals surface area (Å²) in [5, 5.41) is 8.09. The number of hydrogen-bond donors (Lipinski definition) is 1. The van der Waals surface area contributed by atoms with E-state index in [9.17, 15) is 18.0 Å². The van der Waals surface area contributed by atoms with E-state index in [4.69, 9.17) is 0 Å². The highest BCUT2D eigenvalue weighted by molar-refractivity contribution is 9.10. The molecule has 10 heteroatoms. The van der Waals surface area contributed by atoms with E-state index in [0.717, 1.165) is 32.4 Å². The SMILES string of the molecule is Cc1nn(-c2nc3ccc(Br)cc3s2)c2c1C(c1ccc(C(F)(F)F)cc1)CC(=O)N2. The van der Waals surface area contributed by atoms with Crippen LogP contribution in [0.15, 0.2) is 46.9 Å². The van der Waals surface area contributed by atoms with E-state index in [-0.39, 0.29) is 18.2 Å². The summed E-state index contributed by atoms with van der Waals surface area (Å²) in [5.74, 6) is -0.0949.